The number of benzene rings is 3. The van der Waals surface area contributed by atoms with Crippen LogP contribution in [0, 0.1) is 13.8 Å². The molecule has 2 aromatic heterocycles. The van der Waals surface area contributed by atoms with Gasteiger partial charge in [-0.05, 0) is 66.9 Å². The van der Waals surface area contributed by atoms with Crippen LogP contribution >= 0.6 is 0 Å². The molecule has 0 fully saturated rings. The summed E-state index contributed by atoms with van der Waals surface area (Å²) in [6.45, 7) is 3.86. The number of anilines is 2. The Balaban J connectivity index is 1.67. The number of nitrogens with zero attached hydrogens (tertiary/aromatic N) is 4. The molecular weight excluding hydrogens is 444 g/mol. The van der Waals surface area contributed by atoms with Crippen molar-refractivity contribution in [3.05, 3.63) is 82.9 Å². The summed E-state index contributed by atoms with van der Waals surface area (Å²) in [5.74, 6) is -0.881. The largest absolute Gasteiger partial charge is 0.504 e. The molecule has 0 atom stereocenters. The highest BCUT2D eigenvalue weighted by molar-refractivity contribution is 6.16. The second-order valence-corrected chi connectivity index (χ2v) is 8.22. The van der Waals surface area contributed by atoms with E-state index >= 15 is 0 Å². The van der Waals surface area contributed by atoms with Crippen molar-refractivity contribution in [3.8, 4) is 11.5 Å². The van der Waals surface area contributed by atoms with Crippen LogP contribution in [0.1, 0.15) is 27.0 Å². The van der Waals surface area contributed by atoms with Gasteiger partial charge < -0.3 is 21.3 Å². The fourth-order valence-corrected chi connectivity index (χ4v) is 3.79. The van der Waals surface area contributed by atoms with Gasteiger partial charge in [0.05, 0.1) is 17.2 Å². The topological polar surface area (TPSA) is 139 Å². The van der Waals surface area contributed by atoms with E-state index in [1.807, 2.05) is 56.3 Å². The van der Waals surface area contributed by atoms with Gasteiger partial charge in [0.2, 0.25) is 0 Å². The van der Waals surface area contributed by atoms with E-state index in [0.29, 0.717) is 33.4 Å². The fraction of sp³-hybridized carbons (Fsp3) is 0.0769. The Morgan fingerprint density at radius 2 is 1.74 bits per heavy atom. The van der Waals surface area contributed by atoms with E-state index in [4.69, 9.17) is 5.73 Å². The first-order valence-electron chi connectivity index (χ1n) is 10.8. The molecule has 0 radical (unpaired) electrons. The van der Waals surface area contributed by atoms with Crippen LogP contribution in [0.3, 0.4) is 0 Å². The number of nitrogens with two attached hydrogens (primary N) is 1. The van der Waals surface area contributed by atoms with Gasteiger partial charge in [-0.1, -0.05) is 24.3 Å². The molecule has 0 unspecified atom stereocenters. The predicted octanol–water partition coefficient (Wildman–Crippen LogP) is 4.33. The zero-order valence-corrected chi connectivity index (χ0v) is 19.0. The van der Waals surface area contributed by atoms with Gasteiger partial charge in [-0.25, -0.2) is 9.97 Å². The molecule has 5 N–H and O–H groups in total. The minimum atomic E-state index is -0.429. The number of carbonyl (C=O) groups excluding carboxylic acids is 1. The van der Waals surface area contributed by atoms with Crippen LogP contribution in [-0.2, 0) is 0 Å². The normalized spacial score (nSPS) is 11.5. The fourth-order valence-electron chi connectivity index (χ4n) is 3.79. The minimum Gasteiger partial charge on any atom is -0.504 e. The second-order valence-electron chi connectivity index (χ2n) is 8.22. The number of nitrogens with one attached hydrogen (secondary N) is 1. The number of rotatable bonds is 4. The second kappa shape index (κ2) is 8.45. The lowest BCUT2D eigenvalue weighted by molar-refractivity contribution is 0.102. The van der Waals surface area contributed by atoms with Gasteiger partial charge in [0.15, 0.2) is 17.1 Å². The Morgan fingerprint density at radius 1 is 1.00 bits per heavy atom. The number of amides is 1. The quantitative estimate of drug-likeness (QED) is 0.230. The first kappa shape index (κ1) is 21.9. The van der Waals surface area contributed by atoms with Crippen LogP contribution in [0.25, 0.3) is 22.2 Å². The van der Waals surface area contributed by atoms with Crippen molar-refractivity contribution in [1.29, 1.82) is 0 Å². The number of para-hydroxylation sites is 2. The van der Waals surface area contributed by atoms with Gasteiger partial charge in [-0.3, -0.25) is 4.79 Å². The van der Waals surface area contributed by atoms with Crippen molar-refractivity contribution >= 4 is 45.8 Å². The zero-order valence-electron chi connectivity index (χ0n) is 19.0. The Bertz CT molecular complexity index is 1650. The highest BCUT2D eigenvalue weighted by atomic mass is 16.3. The van der Waals surface area contributed by atoms with E-state index in [-0.39, 0.29) is 22.9 Å². The third-order valence-corrected chi connectivity index (χ3v) is 5.66. The van der Waals surface area contributed by atoms with Gasteiger partial charge in [-0.2, -0.15) is 9.78 Å². The number of aromatic hydroxyl groups is 2. The number of hydrogen-bond donors (Lipinski definition) is 4. The SMILES string of the molecule is Cc1ccc(C)c(NC(=O)c2c(N)n(/N=C/c3ccc(O)c(O)c3)c3nc4ccccc4nc23)c1. The number of aromatic nitrogens is 3. The van der Waals surface area contributed by atoms with E-state index in [2.05, 4.69) is 20.4 Å². The number of fused-ring (bicyclic) bond motifs is 2. The van der Waals surface area contributed by atoms with Crippen LogP contribution in [-0.4, -0.2) is 37.0 Å². The van der Waals surface area contributed by atoms with E-state index in [1.54, 1.807) is 6.07 Å². The number of phenolic OH excluding ortho intramolecular Hbond substituents is 2. The molecule has 0 aliphatic rings. The lowest BCUT2D eigenvalue weighted by Crippen LogP contribution is -2.15. The predicted molar refractivity (Wildman–Crippen MR) is 136 cm³/mol. The summed E-state index contributed by atoms with van der Waals surface area (Å²) in [5, 5.41) is 26.7. The van der Waals surface area contributed by atoms with Crippen molar-refractivity contribution in [2.45, 2.75) is 13.8 Å². The molecule has 3 aromatic carbocycles. The Hall–Kier alpha value is -4.92. The third-order valence-electron chi connectivity index (χ3n) is 5.66. The molecule has 1 amide bonds. The Morgan fingerprint density at radius 3 is 2.49 bits per heavy atom. The number of carbonyl (C=O) groups is 1. The lowest BCUT2D eigenvalue weighted by Gasteiger charge is -2.09. The lowest BCUT2D eigenvalue weighted by atomic mass is 10.1. The van der Waals surface area contributed by atoms with Crippen LogP contribution in [0.5, 0.6) is 11.5 Å². The number of nitrogen functional groups attached to an aromatic ring is 1. The maximum atomic E-state index is 13.4. The van der Waals surface area contributed by atoms with Gasteiger partial charge in [0.25, 0.3) is 5.91 Å². The van der Waals surface area contributed by atoms with Crippen molar-refractivity contribution in [2.75, 3.05) is 11.1 Å². The minimum absolute atomic E-state index is 0.0670. The van der Waals surface area contributed by atoms with Crippen molar-refractivity contribution in [2.24, 2.45) is 5.10 Å². The molecule has 5 rings (SSSR count). The monoisotopic (exact) mass is 466 g/mol. The van der Waals surface area contributed by atoms with E-state index in [0.717, 1.165) is 11.1 Å². The molecule has 9 heteroatoms. The molecule has 0 saturated heterocycles. The zero-order chi connectivity index (χ0) is 24.7. The Labute approximate surface area is 200 Å². The number of aryl methyl sites for hydroxylation is 2. The molecule has 0 spiro atoms. The Kier molecular flexibility index (Phi) is 5.29. The molecule has 35 heavy (non-hydrogen) atoms. The maximum absolute atomic E-state index is 13.4. The molecule has 0 aliphatic carbocycles. The van der Waals surface area contributed by atoms with E-state index in [1.165, 1.54) is 23.0 Å². The standard InChI is InChI=1S/C26H22N6O3/c1-14-7-8-15(2)19(11-14)31-26(35)22-23-25(30-18-6-4-3-5-17(18)29-23)32(24(22)27)28-13-16-9-10-20(33)21(34)12-16/h3-13,33-34H,27H2,1-2H3,(H,31,35)/b28-13+. The summed E-state index contributed by atoms with van der Waals surface area (Å²) < 4.78 is 1.34. The molecule has 0 saturated carbocycles. The molecule has 5 aromatic rings. The summed E-state index contributed by atoms with van der Waals surface area (Å²) >= 11 is 0. The number of phenols is 2. The van der Waals surface area contributed by atoms with Gasteiger partial charge in [0, 0.05) is 5.69 Å². The smallest absolute Gasteiger partial charge is 0.261 e. The molecule has 9 nitrogen and oxygen atoms in total. The molecule has 0 bridgehead atoms. The van der Waals surface area contributed by atoms with Crippen LogP contribution in [0.4, 0.5) is 11.5 Å². The highest BCUT2D eigenvalue weighted by Crippen LogP contribution is 2.30. The number of hydrogen-bond acceptors (Lipinski definition) is 7. The van der Waals surface area contributed by atoms with E-state index in [9.17, 15) is 15.0 Å². The first-order valence-corrected chi connectivity index (χ1v) is 10.8. The van der Waals surface area contributed by atoms with Crippen molar-refractivity contribution in [1.82, 2.24) is 14.6 Å². The molecule has 0 aliphatic heterocycles. The molecule has 174 valence electrons. The summed E-state index contributed by atoms with van der Waals surface area (Å²) in [6.07, 6.45) is 1.44. The molecule has 2 heterocycles. The van der Waals surface area contributed by atoms with Gasteiger partial charge in [0.1, 0.15) is 16.9 Å². The first-order chi connectivity index (χ1) is 16.8. The maximum Gasteiger partial charge on any atom is 0.261 e. The van der Waals surface area contributed by atoms with Crippen LogP contribution < -0.4 is 11.1 Å². The average molecular weight is 467 g/mol. The summed E-state index contributed by atoms with van der Waals surface area (Å²) in [5.41, 5.74) is 11.6. The highest BCUT2D eigenvalue weighted by Gasteiger charge is 2.24. The third kappa shape index (κ3) is 3.99. The van der Waals surface area contributed by atoms with Crippen LogP contribution in [0.15, 0.2) is 65.8 Å². The average Bonchev–Trinajstić information content (AvgIpc) is 3.10. The van der Waals surface area contributed by atoms with Crippen LogP contribution in [0.2, 0.25) is 0 Å². The summed E-state index contributed by atoms with van der Waals surface area (Å²) in [6, 6.07) is 17.4. The molecular formula is C26H22N6O3. The summed E-state index contributed by atoms with van der Waals surface area (Å²) in [7, 11) is 0. The van der Waals surface area contributed by atoms with Crippen molar-refractivity contribution < 1.29 is 15.0 Å². The van der Waals surface area contributed by atoms with Crippen molar-refractivity contribution in [3.63, 3.8) is 0 Å². The summed E-state index contributed by atoms with van der Waals surface area (Å²) in [4.78, 5) is 22.8. The van der Waals surface area contributed by atoms with Gasteiger partial charge in [-0.15, -0.1) is 0 Å². The van der Waals surface area contributed by atoms with Gasteiger partial charge >= 0.3 is 0 Å². The van der Waals surface area contributed by atoms with E-state index < -0.39 is 5.91 Å².